The molecule has 4 atom stereocenters. The van der Waals surface area contributed by atoms with Crippen LogP contribution >= 0.6 is 0 Å². The molecule has 186 valence electrons. The third kappa shape index (κ3) is 4.46. The second-order valence-corrected chi connectivity index (χ2v) is 9.39. The van der Waals surface area contributed by atoms with Gasteiger partial charge in [-0.3, -0.25) is 14.4 Å². The molecule has 0 radical (unpaired) electrons. The van der Waals surface area contributed by atoms with Crippen LogP contribution in [0.4, 0.5) is 8.78 Å². The molecule has 2 unspecified atom stereocenters. The van der Waals surface area contributed by atoms with E-state index in [0.29, 0.717) is 25.7 Å². The van der Waals surface area contributed by atoms with Crippen LogP contribution in [0.3, 0.4) is 0 Å². The van der Waals surface area contributed by atoms with Gasteiger partial charge in [0, 0.05) is 35.7 Å². The summed E-state index contributed by atoms with van der Waals surface area (Å²) in [5.41, 5.74) is 0.0338. The van der Waals surface area contributed by atoms with Crippen molar-refractivity contribution >= 4 is 34.9 Å². The van der Waals surface area contributed by atoms with Crippen molar-refractivity contribution < 1.29 is 28.0 Å². The maximum absolute atomic E-state index is 13.8. The monoisotopic (exact) mass is 494 g/mol. The zero-order chi connectivity index (χ0) is 25.4. The number of rotatable bonds is 8. The van der Waals surface area contributed by atoms with Crippen LogP contribution in [0.15, 0.2) is 48.5 Å². The number of aromatic amines is 1. The standard InChI is InChI=1S/C26H24F2N4O4/c27-18-6-5-14(9-19(18)28)10-21(31-24(35)22-11-15-3-1-2-4-20(15)30-22)25(36)32-26(13-33)12-17(26)16-7-8-29-23(16)34/h1-6,9,11,13,16-17,21,30H,7-8,10,12H2,(H,29,34)(H,31,35)(H,32,36)/t16-,17?,21-,26?/m0/s1. The molecule has 0 bridgehead atoms. The Balaban J connectivity index is 1.37. The van der Waals surface area contributed by atoms with Crippen molar-refractivity contribution in [3.63, 3.8) is 0 Å². The normalized spacial score (nSPS) is 23.7. The van der Waals surface area contributed by atoms with Gasteiger partial charge in [0.15, 0.2) is 11.6 Å². The maximum Gasteiger partial charge on any atom is 0.268 e. The third-order valence-electron chi connectivity index (χ3n) is 7.02. The van der Waals surface area contributed by atoms with Gasteiger partial charge in [0.2, 0.25) is 11.8 Å². The number of hydrogen-bond donors (Lipinski definition) is 4. The SMILES string of the molecule is O=CC1(NC(=O)[C@H](Cc2ccc(F)c(F)c2)NC(=O)c2cc3ccccc3[nH]2)CC1[C@@H]1CCNC1=O. The van der Waals surface area contributed by atoms with E-state index in [0.717, 1.165) is 23.0 Å². The van der Waals surface area contributed by atoms with E-state index in [1.54, 1.807) is 12.1 Å². The van der Waals surface area contributed by atoms with Crippen LogP contribution in [0.1, 0.15) is 28.9 Å². The molecule has 5 rings (SSSR count). The highest BCUT2D eigenvalue weighted by molar-refractivity contribution is 6.00. The molecule has 8 nitrogen and oxygen atoms in total. The number of carbonyl (C=O) groups excluding carboxylic acids is 4. The largest absolute Gasteiger partial charge is 0.356 e. The molecule has 10 heteroatoms. The van der Waals surface area contributed by atoms with E-state index in [-0.39, 0.29) is 35.4 Å². The molecule has 0 spiro atoms. The van der Waals surface area contributed by atoms with Crippen molar-refractivity contribution in [1.82, 2.24) is 20.9 Å². The van der Waals surface area contributed by atoms with Crippen LogP contribution in [0, 0.1) is 23.5 Å². The Kier molecular flexibility index (Phi) is 6.03. The number of aromatic nitrogens is 1. The summed E-state index contributed by atoms with van der Waals surface area (Å²) >= 11 is 0. The first kappa shape index (κ1) is 23.7. The highest BCUT2D eigenvalue weighted by Crippen LogP contribution is 2.49. The zero-order valence-electron chi connectivity index (χ0n) is 19.1. The fraction of sp³-hybridized carbons (Fsp3) is 0.308. The van der Waals surface area contributed by atoms with Crippen LogP contribution in [-0.2, 0) is 20.8 Å². The average molecular weight is 494 g/mol. The van der Waals surface area contributed by atoms with Crippen molar-refractivity contribution in [1.29, 1.82) is 0 Å². The molecule has 2 aliphatic rings. The number of para-hydroxylation sites is 1. The molecule has 1 aliphatic heterocycles. The molecule has 1 saturated heterocycles. The predicted molar refractivity (Wildman–Crippen MR) is 126 cm³/mol. The van der Waals surface area contributed by atoms with Gasteiger partial charge in [-0.05, 0) is 42.7 Å². The molecule has 36 heavy (non-hydrogen) atoms. The molecule has 1 aromatic heterocycles. The minimum atomic E-state index is -1.21. The molecule has 3 aromatic rings. The van der Waals surface area contributed by atoms with Crippen molar-refractivity contribution in [2.75, 3.05) is 6.54 Å². The van der Waals surface area contributed by atoms with E-state index in [1.807, 2.05) is 18.2 Å². The van der Waals surface area contributed by atoms with Crippen LogP contribution in [0.5, 0.6) is 0 Å². The van der Waals surface area contributed by atoms with Gasteiger partial charge in [0.1, 0.15) is 18.0 Å². The predicted octanol–water partition coefficient (Wildman–Crippen LogP) is 2.00. The lowest BCUT2D eigenvalue weighted by molar-refractivity contribution is -0.127. The zero-order valence-corrected chi connectivity index (χ0v) is 19.1. The van der Waals surface area contributed by atoms with Crippen LogP contribution < -0.4 is 16.0 Å². The minimum absolute atomic E-state index is 0.140. The summed E-state index contributed by atoms with van der Waals surface area (Å²) < 4.78 is 27.2. The molecule has 2 fully saturated rings. The molecule has 4 N–H and O–H groups in total. The summed E-state index contributed by atoms with van der Waals surface area (Å²) in [6.45, 7) is 0.516. The number of aldehydes is 1. The van der Waals surface area contributed by atoms with Gasteiger partial charge >= 0.3 is 0 Å². The fourth-order valence-electron chi connectivity index (χ4n) is 4.97. The Hall–Kier alpha value is -4.08. The minimum Gasteiger partial charge on any atom is -0.356 e. The lowest BCUT2D eigenvalue weighted by atomic mass is 9.98. The number of fused-ring (bicyclic) bond motifs is 1. The topological polar surface area (TPSA) is 120 Å². The van der Waals surface area contributed by atoms with Crippen molar-refractivity contribution in [3.8, 4) is 0 Å². The van der Waals surface area contributed by atoms with E-state index < -0.39 is 35.0 Å². The van der Waals surface area contributed by atoms with E-state index in [1.165, 1.54) is 6.07 Å². The van der Waals surface area contributed by atoms with Gasteiger partial charge in [-0.1, -0.05) is 24.3 Å². The third-order valence-corrected chi connectivity index (χ3v) is 7.02. The number of halogens is 2. The number of carbonyl (C=O) groups is 4. The quantitative estimate of drug-likeness (QED) is 0.358. The smallest absolute Gasteiger partial charge is 0.268 e. The molecule has 3 amide bonds. The second kappa shape index (κ2) is 9.18. The summed E-state index contributed by atoms with van der Waals surface area (Å²) in [7, 11) is 0. The van der Waals surface area contributed by atoms with Gasteiger partial charge in [0.05, 0.1) is 5.54 Å². The van der Waals surface area contributed by atoms with Crippen LogP contribution in [0.25, 0.3) is 10.9 Å². The molecule has 2 aromatic carbocycles. The Morgan fingerprint density at radius 3 is 2.64 bits per heavy atom. The van der Waals surface area contributed by atoms with Gasteiger partial charge in [-0.25, -0.2) is 8.78 Å². The Labute approximate surface area is 204 Å². The summed E-state index contributed by atoms with van der Waals surface area (Å²) in [6.07, 6.45) is 1.38. The highest BCUT2D eigenvalue weighted by Gasteiger charge is 2.61. The molecular formula is C26H24F2N4O4. The Bertz CT molecular complexity index is 1340. The van der Waals surface area contributed by atoms with Gasteiger partial charge in [0.25, 0.3) is 5.91 Å². The summed E-state index contributed by atoms with van der Waals surface area (Å²) in [5, 5.41) is 8.90. The summed E-state index contributed by atoms with van der Waals surface area (Å²) in [5.74, 6) is -4.20. The summed E-state index contributed by atoms with van der Waals surface area (Å²) in [4.78, 5) is 53.4. The molecule has 1 saturated carbocycles. The molecular weight excluding hydrogens is 470 g/mol. The highest BCUT2D eigenvalue weighted by atomic mass is 19.2. The lowest BCUT2D eigenvalue weighted by Crippen LogP contribution is -2.53. The van der Waals surface area contributed by atoms with Gasteiger partial charge in [-0.2, -0.15) is 0 Å². The number of hydrogen-bond acceptors (Lipinski definition) is 4. The van der Waals surface area contributed by atoms with E-state index in [2.05, 4.69) is 20.9 Å². The van der Waals surface area contributed by atoms with Crippen molar-refractivity contribution in [2.24, 2.45) is 11.8 Å². The number of H-pyrrole nitrogens is 1. The first-order valence-electron chi connectivity index (χ1n) is 11.7. The van der Waals surface area contributed by atoms with Crippen molar-refractivity contribution in [2.45, 2.75) is 30.8 Å². The van der Waals surface area contributed by atoms with Gasteiger partial charge in [-0.15, -0.1) is 0 Å². The first-order chi connectivity index (χ1) is 17.3. The Morgan fingerprint density at radius 2 is 1.94 bits per heavy atom. The number of amides is 3. The number of benzene rings is 2. The number of nitrogens with one attached hydrogen (secondary N) is 4. The average Bonchev–Trinajstić information content (AvgIpc) is 3.17. The first-order valence-corrected chi connectivity index (χ1v) is 11.7. The fourth-order valence-corrected chi connectivity index (χ4v) is 4.97. The second-order valence-electron chi connectivity index (χ2n) is 9.39. The van der Waals surface area contributed by atoms with E-state index in [4.69, 9.17) is 0 Å². The van der Waals surface area contributed by atoms with E-state index >= 15 is 0 Å². The summed E-state index contributed by atoms with van der Waals surface area (Å²) in [6, 6.07) is 11.0. The molecule has 2 heterocycles. The lowest BCUT2D eigenvalue weighted by Gasteiger charge is -2.22. The van der Waals surface area contributed by atoms with E-state index in [9.17, 15) is 28.0 Å². The van der Waals surface area contributed by atoms with Crippen LogP contribution in [0.2, 0.25) is 0 Å². The van der Waals surface area contributed by atoms with Crippen LogP contribution in [-0.4, -0.2) is 47.1 Å². The molecule has 1 aliphatic carbocycles. The van der Waals surface area contributed by atoms with Crippen molar-refractivity contribution in [3.05, 3.63) is 71.4 Å². The Morgan fingerprint density at radius 1 is 1.14 bits per heavy atom. The van der Waals surface area contributed by atoms with Gasteiger partial charge < -0.3 is 25.7 Å². The maximum atomic E-state index is 13.8.